The van der Waals surface area contributed by atoms with E-state index >= 15 is 0 Å². The van der Waals surface area contributed by atoms with Crippen LogP contribution < -0.4 is 9.47 Å². The molecule has 3 rings (SSSR count). The monoisotopic (exact) mass is 296 g/mol. The average molecular weight is 296 g/mol. The normalized spacial score (nSPS) is 20.0. The van der Waals surface area contributed by atoms with Crippen LogP contribution in [-0.4, -0.2) is 12.2 Å². The summed E-state index contributed by atoms with van der Waals surface area (Å²) in [7, 11) is 1.55. The van der Waals surface area contributed by atoms with Gasteiger partial charge in [0.1, 0.15) is 11.9 Å². The van der Waals surface area contributed by atoms with Crippen LogP contribution in [0, 0.1) is 0 Å². The molecule has 0 fully saturated rings. The zero-order chi connectivity index (χ0) is 15.7. The lowest BCUT2D eigenvalue weighted by Crippen LogP contribution is -2.07. The van der Waals surface area contributed by atoms with E-state index in [0.717, 1.165) is 11.3 Å². The highest BCUT2D eigenvalue weighted by Gasteiger charge is 2.32. The van der Waals surface area contributed by atoms with Gasteiger partial charge in [0.05, 0.1) is 7.11 Å². The van der Waals surface area contributed by atoms with Crippen LogP contribution in [0.2, 0.25) is 0 Å². The molecular formula is C19H20O3. The molecule has 3 heteroatoms. The Kier molecular flexibility index (Phi) is 3.80. The Hall–Kier alpha value is -2.42. The van der Waals surface area contributed by atoms with E-state index in [1.165, 1.54) is 11.1 Å². The van der Waals surface area contributed by atoms with Crippen molar-refractivity contribution in [3.8, 4) is 17.2 Å². The lowest BCUT2D eigenvalue weighted by atomic mass is 9.92. The number of benzene rings is 2. The molecule has 1 aliphatic rings. The van der Waals surface area contributed by atoms with Gasteiger partial charge in [0, 0.05) is 11.5 Å². The van der Waals surface area contributed by atoms with Gasteiger partial charge >= 0.3 is 0 Å². The molecule has 2 aromatic carbocycles. The van der Waals surface area contributed by atoms with Crippen molar-refractivity contribution >= 4 is 6.08 Å². The molecular weight excluding hydrogens is 276 g/mol. The van der Waals surface area contributed by atoms with Gasteiger partial charge in [-0.15, -0.1) is 0 Å². The third-order valence-corrected chi connectivity index (χ3v) is 4.12. The zero-order valence-corrected chi connectivity index (χ0v) is 13.0. The lowest BCUT2D eigenvalue weighted by molar-refractivity contribution is 0.215. The average Bonchev–Trinajstić information content (AvgIpc) is 2.85. The van der Waals surface area contributed by atoms with E-state index in [-0.39, 0.29) is 17.8 Å². The van der Waals surface area contributed by atoms with Crippen LogP contribution in [0.25, 0.3) is 6.08 Å². The molecule has 0 aliphatic carbocycles. The maximum atomic E-state index is 9.74. The number of rotatable bonds is 3. The molecule has 3 nitrogen and oxygen atoms in total. The highest BCUT2D eigenvalue weighted by molar-refractivity contribution is 5.56. The molecule has 1 aliphatic heterocycles. The number of phenols is 1. The van der Waals surface area contributed by atoms with E-state index in [0.29, 0.717) is 5.75 Å². The third kappa shape index (κ3) is 2.43. The van der Waals surface area contributed by atoms with Gasteiger partial charge in [-0.25, -0.2) is 0 Å². The maximum absolute atomic E-state index is 9.74. The Morgan fingerprint density at radius 2 is 2.00 bits per heavy atom. The number of hydrogen-bond acceptors (Lipinski definition) is 3. The van der Waals surface area contributed by atoms with Gasteiger partial charge in [0.15, 0.2) is 11.5 Å². The summed E-state index contributed by atoms with van der Waals surface area (Å²) in [5.74, 6) is 1.79. The third-order valence-electron chi connectivity index (χ3n) is 4.12. The smallest absolute Gasteiger partial charge is 0.160 e. The summed E-state index contributed by atoms with van der Waals surface area (Å²) < 4.78 is 11.3. The van der Waals surface area contributed by atoms with Crippen molar-refractivity contribution in [1.29, 1.82) is 0 Å². The van der Waals surface area contributed by atoms with E-state index in [1.807, 2.05) is 31.2 Å². The molecule has 0 radical (unpaired) electrons. The van der Waals surface area contributed by atoms with Crippen molar-refractivity contribution < 1.29 is 14.6 Å². The van der Waals surface area contributed by atoms with Crippen LogP contribution in [0.15, 0.2) is 42.5 Å². The van der Waals surface area contributed by atoms with E-state index in [2.05, 4.69) is 25.1 Å². The predicted octanol–water partition coefficient (Wildman–Crippen LogP) is 4.67. The topological polar surface area (TPSA) is 38.7 Å². The number of fused-ring (bicyclic) bond motifs is 1. The Labute approximate surface area is 130 Å². The molecule has 114 valence electrons. The molecule has 0 saturated heterocycles. The zero-order valence-electron chi connectivity index (χ0n) is 13.0. The molecule has 2 atom stereocenters. The number of hydrogen-bond donors (Lipinski definition) is 1. The van der Waals surface area contributed by atoms with Crippen LogP contribution in [0.1, 0.15) is 42.6 Å². The molecule has 0 saturated carbocycles. The fourth-order valence-electron chi connectivity index (χ4n) is 2.96. The largest absolute Gasteiger partial charge is 0.504 e. The van der Waals surface area contributed by atoms with E-state index < -0.39 is 0 Å². The van der Waals surface area contributed by atoms with Crippen molar-refractivity contribution in [3.63, 3.8) is 0 Å². The van der Waals surface area contributed by atoms with Crippen LogP contribution >= 0.6 is 0 Å². The van der Waals surface area contributed by atoms with Crippen LogP contribution in [0.5, 0.6) is 17.2 Å². The molecule has 0 amide bonds. The number of methoxy groups -OCH3 is 1. The molecule has 1 unspecified atom stereocenters. The van der Waals surface area contributed by atoms with Crippen molar-refractivity contribution in [3.05, 3.63) is 59.2 Å². The second-order valence-electron chi connectivity index (χ2n) is 5.56. The Morgan fingerprint density at radius 1 is 1.18 bits per heavy atom. The Morgan fingerprint density at radius 3 is 2.73 bits per heavy atom. The Balaban J connectivity index is 1.95. The SMILES string of the molecule is C/C=C/c1ccc2c(c1)[C@H](C)C(c1ccc(O)c(OC)c1)O2. The van der Waals surface area contributed by atoms with Crippen LogP contribution in [-0.2, 0) is 0 Å². The van der Waals surface area contributed by atoms with Gasteiger partial charge in [0.2, 0.25) is 0 Å². The number of allylic oxidation sites excluding steroid dienone is 1. The first-order valence-corrected chi connectivity index (χ1v) is 7.44. The number of aromatic hydroxyl groups is 1. The summed E-state index contributed by atoms with van der Waals surface area (Å²) in [4.78, 5) is 0. The molecule has 0 spiro atoms. The second-order valence-corrected chi connectivity index (χ2v) is 5.56. The quantitative estimate of drug-likeness (QED) is 0.894. The number of phenolic OH excluding ortho intramolecular Hbond substituents is 1. The minimum absolute atomic E-state index is 0.0645. The lowest BCUT2D eigenvalue weighted by Gasteiger charge is -2.17. The molecule has 2 aromatic rings. The summed E-state index contributed by atoms with van der Waals surface area (Å²) in [5.41, 5.74) is 3.40. The number of ether oxygens (including phenoxy) is 2. The first-order valence-electron chi connectivity index (χ1n) is 7.44. The van der Waals surface area contributed by atoms with Gasteiger partial charge in [-0.05, 0) is 42.3 Å². The minimum Gasteiger partial charge on any atom is -0.504 e. The fraction of sp³-hybridized carbons (Fsp3) is 0.263. The summed E-state index contributed by atoms with van der Waals surface area (Å²) >= 11 is 0. The van der Waals surface area contributed by atoms with Crippen molar-refractivity contribution in [2.75, 3.05) is 7.11 Å². The minimum atomic E-state index is -0.0645. The predicted molar refractivity (Wildman–Crippen MR) is 87.6 cm³/mol. The van der Waals surface area contributed by atoms with Crippen LogP contribution in [0.3, 0.4) is 0 Å². The first-order chi connectivity index (χ1) is 10.6. The van der Waals surface area contributed by atoms with Crippen molar-refractivity contribution in [2.45, 2.75) is 25.9 Å². The highest BCUT2D eigenvalue weighted by atomic mass is 16.5. The van der Waals surface area contributed by atoms with Crippen molar-refractivity contribution in [2.24, 2.45) is 0 Å². The van der Waals surface area contributed by atoms with E-state index in [9.17, 15) is 5.11 Å². The molecule has 0 aromatic heterocycles. The summed E-state index contributed by atoms with van der Waals surface area (Å²) in [6.45, 7) is 4.17. The van der Waals surface area contributed by atoms with Gasteiger partial charge in [0.25, 0.3) is 0 Å². The maximum Gasteiger partial charge on any atom is 0.160 e. The summed E-state index contributed by atoms with van der Waals surface area (Å²) in [5, 5.41) is 9.74. The summed E-state index contributed by atoms with van der Waals surface area (Å²) in [6.07, 6.45) is 4.05. The van der Waals surface area contributed by atoms with E-state index in [4.69, 9.17) is 9.47 Å². The van der Waals surface area contributed by atoms with E-state index in [1.54, 1.807) is 13.2 Å². The molecule has 0 bridgehead atoms. The molecule has 1 heterocycles. The van der Waals surface area contributed by atoms with Gasteiger partial charge in [-0.2, -0.15) is 0 Å². The van der Waals surface area contributed by atoms with Crippen LogP contribution in [0.4, 0.5) is 0 Å². The first kappa shape index (κ1) is 14.5. The van der Waals surface area contributed by atoms with Gasteiger partial charge < -0.3 is 14.6 Å². The van der Waals surface area contributed by atoms with Crippen molar-refractivity contribution in [1.82, 2.24) is 0 Å². The molecule has 1 N–H and O–H groups in total. The van der Waals surface area contributed by atoms with Gasteiger partial charge in [-0.3, -0.25) is 0 Å². The summed E-state index contributed by atoms with van der Waals surface area (Å²) in [6, 6.07) is 11.6. The highest BCUT2D eigenvalue weighted by Crippen LogP contribution is 2.47. The molecule has 22 heavy (non-hydrogen) atoms. The fourth-order valence-corrected chi connectivity index (χ4v) is 2.96. The Bertz CT molecular complexity index is 719. The van der Waals surface area contributed by atoms with Gasteiger partial charge in [-0.1, -0.05) is 31.2 Å². The second kappa shape index (κ2) is 5.76. The standard InChI is InChI=1S/C19H20O3/c1-4-5-13-6-9-17-15(10-13)12(2)19(22-17)14-7-8-16(20)18(11-14)21-3/h4-12,19-20H,1-3H3/b5-4+/t12-,19?/m0/s1.